The minimum absolute atomic E-state index is 0.0480. The molecule has 3 heterocycles. The zero-order valence-electron chi connectivity index (χ0n) is 20.8. The van der Waals surface area contributed by atoms with Gasteiger partial charge >= 0.3 is 0 Å². The van der Waals surface area contributed by atoms with Crippen LogP contribution in [-0.2, 0) is 6.54 Å². The molecule has 0 atom stereocenters. The number of nitrogens with zero attached hydrogens (tertiary/aromatic N) is 3. The molecule has 0 bridgehead atoms. The molecular formula is C28H33N3O3. The molecule has 5 rings (SSSR count). The number of hydrogen-bond donors (Lipinski definition) is 0. The molecule has 0 spiro atoms. The fraction of sp³-hybridized carbons (Fsp3) is 0.393. The van der Waals surface area contributed by atoms with Crippen LogP contribution in [0, 0.1) is 20.8 Å². The fourth-order valence-corrected chi connectivity index (χ4v) is 5.21. The zero-order chi connectivity index (χ0) is 24.0. The van der Waals surface area contributed by atoms with Crippen LogP contribution in [0.1, 0.15) is 32.7 Å². The van der Waals surface area contributed by atoms with Crippen molar-refractivity contribution in [2.45, 2.75) is 27.3 Å². The maximum atomic E-state index is 13.2. The van der Waals surface area contributed by atoms with Gasteiger partial charge in [-0.05, 0) is 69.3 Å². The van der Waals surface area contributed by atoms with Crippen molar-refractivity contribution in [2.75, 3.05) is 46.9 Å². The SMILES string of the molecule is COc1ccc2c(c1)c(/C=C1\Oc3cc(C)cc(C)c3C1=O)c(C)n2CCN1CCN(C)CC1. The van der Waals surface area contributed by atoms with E-state index in [1.165, 1.54) is 0 Å². The highest BCUT2D eigenvalue weighted by Gasteiger charge is 2.30. The van der Waals surface area contributed by atoms with Gasteiger partial charge in [0.15, 0.2) is 5.76 Å². The average Bonchev–Trinajstić information content (AvgIpc) is 3.26. The van der Waals surface area contributed by atoms with Crippen LogP contribution in [0.2, 0.25) is 0 Å². The Morgan fingerprint density at radius 2 is 1.79 bits per heavy atom. The number of Topliss-reactive ketones (excluding diaryl/α,β-unsaturated/α-hetero) is 1. The van der Waals surface area contributed by atoms with E-state index in [9.17, 15) is 4.79 Å². The molecule has 0 radical (unpaired) electrons. The van der Waals surface area contributed by atoms with E-state index < -0.39 is 0 Å². The van der Waals surface area contributed by atoms with Gasteiger partial charge in [0.1, 0.15) is 11.5 Å². The van der Waals surface area contributed by atoms with Crippen LogP contribution in [0.15, 0.2) is 36.1 Å². The van der Waals surface area contributed by atoms with E-state index in [0.29, 0.717) is 17.1 Å². The van der Waals surface area contributed by atoms with Gasteiger partial charge in [-0.15, -0.1) is 0 Å². The summed E-state index contributed by atoms with van der Waals surface area (Å²) >= 11 is 0. The Morgan fingerprint density at radius 1 is 1.03 bits per heavy atom. The number of fused-ring (bicyclic) bond motifs is 2. The molecule has 2 aromatic carbocycles. The Balaban J connectivity index is 1.52. The predicted octanol–water partition coefficient (Wildman–Crippen LogP) is 4.44. The number of rotatable bonds is 5. The number of aryl methyl sites for hydroxylation is 2. The van der Waals surface area contributed by atoms with Gasteiger partial charge < -0.3 is 18.9 Å². The molecule has 1 saturated heterocycles. The van der Waals surface area contributed by atoms with E-state index in [-0.39, 0.29) is 5.78 Å². The first kappa shape index (κ1) is 22.7. The first-order chi connectivity index (χ1) is 16.4. The molecule has 2 aliphatic rings. The predicted molar refractivity (Wildman–Crippen MR) is 136 cm³/mol. The van der Waals surface area contributed by atoms with E-state index >= 15 is 0 Å². The van der Waals surface area contributed by atoms with E-state index in [2.05, 4.69) is 40.5 Å². The molecule has 2 aliphatic heterocycles. The number of carbonyl (C=O) groups excluding carboxylic acids is 1. The van der Waals surface area contributed by atoms with Crippen molar-refractivity contribution in [1.29, 1.82) is 0 Å². The molecule has 0 amide bonds. The first-order valence-corrected chi connectivity index (χ1v) is 12.0. The summed E-state index contributed by atoms with van der Waals surface area (Å²) < 4.78 is 14.0. The van der Waals surface area contributed by atoms with Crippen LogP contribution in [0.4, 0.5) is 0 Å². The fourth-order valence-electron chi connectivity index (χ4n) is 5.21. The first-order valence-electron chi connectivity index (χ1n) is 12.0. The molecule has 178 valence electrons. The zero-order valence-corrected chi connectivity index (χ0v) is 20.8. The highest BCUT2D eigenvalue weighted by Crippen LogP contribution is 2.37. The summed E-state index contributed by atoms with van der Waals surface area (Å²) in [5.74, 6) is 1.79. The summed E-state index contributed by atoms with van der Waals surface area (Å²) in [7, 11) is 3.86. The van der Waals surface area contributed by atoms with Crippen LogP contribution in [0.25, 0.3) is 17.0 Å². The van der Waals surface area contributed by atoms with E-state index in [4.69, 9.17) is 9.47 Å². The monoisotopic (exact) mass is 459 g/mol. The highest BCUT2D eigenvalue weighted by molar-refractivity contribution is 6.16. The standard InChI is InChI=1S/C28H33N3O3/c1-18-14-19(2)27-25(15-18)34-26(28(27)32)17-22-20(3)31(13-12-30-10-8-29(4)9-11-30)24-7-6-21(33-5)16-23(22)24/h6-7,14-17H,8-13H2,1-5H3/b26-17-. The van der Waals surface area contributed by atoms with Gasteiger partial charge in [0, 0.05) is 61.4 Å². The summed E-state index contributed by atoms with van der Waals surface area (Å²) in [5.41, 5.74) is 6.01. The van der Waals surface area contributed by atoms with Crippen molar-refractivity contribution in [3.8, 4) is 11.5 Å². The quantitative estimate of drug-likeness (QED) is 0.528. The van der Waals surface area contributed by atoms with Crippen LogP contribution in [-0.4, -0.2) is 67.0 Å². The van der Waals surface area contributed by atoms with Gasteiger partial charge in [0.05, 0.1) is 12.7 Å². The number of allylic oxidation sites excluding steroid dienone is 1. The summed E-state index contributed by atoms with van der Waals surface area (Å²) in [4.78, 5) is 18.1. The van der Waals surface area contributed by atoms with Gasteiger partial charge in [-0.25, -0.2) is 0 Å². The number of hydrogen-bond acceptors (Lipinski definition) is 5. The highest BCUT2D eigenvalue weighted by atomic mass is 16.5. The minimum Gasteiger partial charge on any atom is -0.497 e. The van der Waals surface area contributed by atoms with Crippen LogP contribution in [0.5, 0.6) is 11.5 Å². The number of methoxy groups -OCH3 is 1. The molecule has 1 fully saturated rings. The Morgan fingerprint density at radius 3 is 2.53 bits per heavy atom. The Bertz CT molecular complexity index is 1300. The Labute approximate surface area is 201 Å². The average molecular weight is 460 g/mol. The molecule has 34 heavy (non-hydrogen) atoms. The lowest BCUT2D eigenvalue weighted by atomic mass is 10.0. The number of likely N-dealkylation sites (N-methyl/N-ethyl adjacent to an activating group) is 1. The summed E-state index contributed by atoms with van der Waals surface area (Å²) in [5, 5.41) is 1.07. The van der Waals surface area contributed by atoms with Crippen molar-refractivity contribution < 1.29 is 14.3 Å². The normalized spacial score (nSPS) is 18.0. The Hall–Kier alpha value is -3.09. The van der Waals surface area contributed by atoms with Crippen LogP contribution < -0.4 is 9.47 Å². The Kier molecular flexibility index (Phi) is 5.96. The van der Waals surface area contributed by atoms with E-state index in [1.807, 2.05) is 38.1 Å². The third-order valence-corrected chi connectivity index (χ3v) is 7.20. The summed E-state index contributed by atoms with van der Waals surface area (Å²) in [6.45, 7) is 12.4. The van der Waals surface area contributed by atoms with Crippen molar-refractivity contribution in [3.63, 3.8) is 0 Å². The molecule has 6 heteroatoms. The summed E-state index contributed by atoms with van der Waals surface area (Å²) in [6, 6.07) is 10.2. The van der Waals surface area contributed by atoms with Crippen molar-refractivity contribution >= 4 is 22.8 Å². The molecule has 1 aromatic heterocycles. The van der Waals surface area contributed by atoms with Gasteiger partial charge in [0.25, 0.3) is 0 Å². The number of piperazine rings is 1. The second-order valence-electron chi connectivity index (χ2n) is 9.57. The van der Waals surface area contributed by atoms with Crippen molar-refractivity contribution in [2.24, 2.45) is 0 Å². The van der Waals surface area contributed by atoms with Gasteiger partial charge in [0.2, 0.25) is 5.78 Å². The molecule has 6 nitrogen and oxygen atoms in total. The number of carbonyl (C=O) groups is 1. The lowest BCUT2D eigenvalue weighted by Gasteiger charge is -2.32. The van der Waals surface area contributed by atoms with Crippen LogP contribution >= 0.6 is 0 Å². The molecule has 0 N–H and O–H groups in total. The minimum atomic E-state index is -0.0480. The van der Waals surface area contributed by atoms with Crippen molar-refractivity contribution in [3.05, 3.63) is 64.0 Å². The maximum absolute atomic E-state index is 13.2. The van der Waals surface area contributed by atoms with E-state index in [0.717, 1.165) is 78.3 Å². The number of ether oxygens (including phenoxy) is 2. The largest absolute Gasteiger partial charge is 0.497 e. The van der Waals surface area contributed by atoms with Crippen molar-refractivity contribution in [1.82, 2.24) is 14.4 Å². The molecular weight excluding hydrogens is 426 g/mol. The number of aromatic nitrogens is 1. The molecule has 0 saturated carbocycles. The smallest absolute Gasteiger partial charge is 0.232 e. The molecule has 3 aromatic rings. The maximum Gasteiger partial charge on any atom is 0.232 e. The second kappa shape index (κ2) is 8.93. The number of benzene rings is 2. The van der Waals surface area contributed by atoms with E-state index in [1.54, 1.807) is 7.11 Å². The lowest BCUT2D eigenvalue weighted by molar-refractivity contribution is 0.101. The molecule has 0 unspecified atom stereocenters. The summed E-state index contributed by atoms with van der Waals surface area (Å²) in [6.07, 6.45) is 1.92. The van der Waals surface area contributed by atoms with Gasteiger partial charge in [-0.1, -0.05) is 6.07 Å². The second-order valence-corrected chi connectivity index (χ2v) is 9.57. The van der Waals surface area contributed by atoms with Crippen LogP contribution in [0.3, 0.4) is 0 Å². The third-order valence-electron chi connectivity index (χ3n) is 7.20. The lowest BCUT2D eigenvalue weighted by Crippen LogP contribution is -2.45. The molecule has 0 aliphatic carbocycles. The topological polar surface area (TPSA) is 46.9 Å². The van der Waals surface area contributed by atoms with Gasteiger partial charge in [-0.2, -0.15) is 0 Å². The number of ketones is 1. The van der Waals surface area contributed by atoms with Gasteiger partial charge in [-0.3, -0.25) is 9.69 Å². The third kappa shape index (κ3) is 4.01.